The highest BCUT2D eigenvalue weighted by Gasteiger charge is 2.36. The number of ether oxygens (including phenoxy) is 1. The van der Waals surface area contributed by atoms with Crippen LogP contribution in [0.3, 0.4) is 0 Å². The zero-order valence-electron chi connectivity index (χ0n) is 20.6. The maximum Gasteiger partial charge on any atom is 0.272 e. The highest BCUT2D eigenvalue weighted by atomic mass is 16.5. The third kappa shape index (κ3) is 5.45. The summed E-state index contributed by atoms with van der Waals surface area (Å²) < 4.78 is 8.26. The fourth-order valence-electron chi connectivity index (χ4n) is 5.32. The second kappa shape index (κ2) is 11.5. The van der Waals surface area contributed by atoms with Gasteiger partial charge in [-0.1, -0.05) is 37.8 Å². The first-order valence-electron chi connectivity index (χ1n) is 12.9. The summed E-state index contributed by atoms with van der Waals surface area (Å²) in [6, 6.07) is 9.37. The zero-order chi connectivity index (χ0) is 23.9. The van der Waals surface area contributed by atoms with E-state index in [-0.39, 0.29) is 24.0 Å². The molecule has 2 heterocycles. The molecule has 2 aliphatic rings. The monoisotopic (exact) mass is 466 g/mol. The van der Waals surface area contributed by atoms with Crippen molar-refractivity contribution in [1.82, 2.24) is 19.6 Å². The average Bonchev–Trinajstić information content (AvgIpc) is 3.29. The first-order valence-corrected chi connectivity index (χ1v) is 12.9. The van der Waals surface area contributed by atoms with Gasteiger partial charge in [0.1, 0.15) is 17.5 Å². The molecule has 7 nitrogen and oxygen atoms in total. The number of amides is 2. The van der Waals surface area contributed by atoms with Crippen molar-refractivity contribution in [3.05, 3.63) is 47.8 Å². The molecule has 1 aliphatic heterocycles. The van der Waals surface area contributed by atoms with Crippen LogP contribution < -0.4 is 4.74 Å². The molecule has 7 heteroatoms. The summed E-state index contributed by atoms with van der Waals surface area (Å²) in [5.74, 6) is 0.681. The zero-order valence-corrected chi connectivity index (χ0v) is 20.6. The highest BCUT2D eigenvalue weighted by molar-refractivity contribution is 5.97. The Balaban J connectivity index is 1.67. The van der Waals surface area contributed by atoms with E-state index >= 15 is 0 Å². The van der Waals surface area contributed by atoms with E-state index in [1.54, 1.807) is 16.9 Å². The Morgan fingerprint density at radius 2 is 1.74 bits per heavy atom. The van der Waals surface area contributed by atoms with E-state index in [4.69, 9.17) is 4.74 Å². The average molecular weight is 467 g/mol. The van der Waals surface area contributed by atoms with Crippen LogP contribution in [-0.4, -0.2) is 63.2 Å². The van der Waals surface area contributed by atoms with E-state index < -0.39 is 0 Å². The fraction of sp³-hybridized carbons (Fsp3) is 0.593. The Labute approximate surface area is 203 Å². The normalized spacial score (nSPS) is 22.7. The Bertz CT molecular complexity index is 972. The van der Waals surface area contributed by atoms with Gasteiger partial charge in [0, 0.05) is 32.9 Å². The predicted molar refractivity (Wildman–Crippen MR) is 132 cm³/mol. The lowest BCUT2D eigenvalue weighted by molar-refractivity contribution is 0.0262. The van der Waals surface area contributed by atoms with Crippen LogP contribution in [0.1, 0.15) is 85.6 Å². The summed E-state index contributed by atoms with van der Waals surface area (Å²) in [6.07, 6.45) is 10.7. The molecular formula is C27H38N4O3. The second-order valence-electron chi connectivity index (χ2n) is 9.50. The third-order valence-electron chi connectivity index (χ3n) is 7.26. The lowest BCUT2D eigenvalue weighted by Gasteiger charge is -2.40. The van der Waals surface area contributed by atoms with Gasteiger partial charge >= 0.3 is 0 Å². The minimum atomic E-state index is -0.139. The number of carbonyl (C=O) groups excluding carboxylic acids is 2. The fourth-order valence-corrected chi connectivity index (χ4v) is 5.32. The highest BCUT2D eigenvalue weighted by Crippen LogP contribution is 2.31. The number of fused-ring (bicyclic) bond motifs is 2. The number of rotatable bonds is 2. The molecule has 4 rings (SSSR count). The summed E-state index contributed by atoms with van der Waals surface area (Å²) in [5.41, 5.74) is 1.23. The summed E-state index contributed by atoms with van der Waals surface area (Å²) in [7, 11) is 1.82. The van der Waals surface area contributed by atoms with Crippen molar-refractivity contribution in [2.24, 2.45) is 7.05 Å². The van der Waals surface area contributed by atoms with Crippen LogP contribution in [0.15, 0.2) is 36.5 Å². The molecule has 0 unspecified atom stereocenters. The van der Waals surface area contributed by atoms with Crippen LogP contribution in [-0.2, 0) is 7.05 Å². The van der Waals surface area contributed by atoms with Gasteiger partial charge in [0.25, 0.3) is 11.8 Å². The number of hydrogen-bond acceptors (Lipinski definition) is 4. The van der Waals surface area contributed by atoms with E-state index in [0.717, 1.165) is 70.9 Å². The van der Waals surface area contributed by atoms with Crippen LogP contribution in [0, 0.1) is 0 Å². The number of benzene rings is 1. The number of hydrogen-bond donors (Lipinski definition) is 0. The van der Waals surface area contributed by atoms with Crippen molar-refractivity contribution in [1.29, 1.82) is 0 Å². The van der Waals surface area contributed by atoms with Gasteiger partial charge in [0.2, 0.25) is 0 Å². The first kappa shape index (κ1) is 24.3. The molecule has 184 valence electrons. The van der Waals surface area contributed by atoms with E-state index in [2.05, 4.69) is 5.10 Å². The molecule has 34 heavy (non-hydrogen) atoms. The molecular weight excluding hydrogens is 428 g/mol. The molecule has 2 amide bonds. The Morgan fingerprint density at radius 3 is 2.50 bits per heavy atom. The molecule has 0 N–H and O–H groups in total. The molecule has 2 aromatic rings. The van der Waals surface area contributed by atoms with Gasteiger partial charge in [-0.25, -0.2) is 0 Å². The number of para-hydroxylation sites is 1. The van der Waals surface area contributed by atoms with E-state index in [9.17, 15) is 9.59 Å². The van der Waals surface area contributed by atoms with Crippen LogP contribution >= 0.6 is 0 Å². The van der Waals surface area contributed by atoms with Crippen molar-refractivity contribution < 1.29 is 14.3 Å². The number of aromatic nitrogens is 2. The van der Waals surface area contributed by atoms with E-state index in [1.807, 2.05) is 48.0 Å². The molecule has 1 aromatic heterocycles. The van der Waals surface area contributed by atoms with Crippen molar-refractivity contribution in [2.45, 2.75) is 76.9 Å². The molecule has 1 fully saturated rings. The van der Waals surface area contributed by atoms with Crippen molar-refractivity contribution in [3.8, 4) is 5.75 Å². The Hall–Kier alpha value is -2.83. The van der Waals surface area contributed by atoms with Crippen LogP contribution in [0.25, 0.3) is 0 Å². The quantitative estimate of drug-likeness (QED) is 0.645. The van der Waals surface area contributed by atoms with Gasteiger partial charge in [0.15, 0.2) is 0 Å². The topological polar surface area (TPSA) is 67.7 Å². The Kier molecular flexibility index (Phi) is 8.25. The van der Waals surface area contributed by atoms with Gasteiger partial charge in [-0.05, 0) is 57.2 Å². The molecule has 1 saturated carbocycles. The van der Waals surface area contributed by atoms with Crippen LogP contribution in [0.5, 0.6) is 5.75 Å². The van der Waals surface area contributed by atoms with Crippen LogP contribution in [0.2, 0.25) is 0 Å². The maximum absolute atomic E-state index is 13.7. The number of carbonyl (C=O) groups is 2. The van der Waals surface area contributed by atoms with Crippen LogP contribution in [0.4, 0.5) is 0 Å². The van der Waals surface area contributed by atoms with Gasteiger partial charge in [0.05, 0.1) is 11.6 Å². The summed E-state index contributed by atoms with van der Waals surface area (Å²) in [6.45, 7) is 4.21. The molecule has 1 aromatic carbocycles. The summed E-state index contributed by atoms with van der Waals surface area (Å²) in [4.78, 5) is 31.0. The molecule has 0 spiro atoms. The predicted octanol–water partition coefficient (Wildman–Crippen LogP) is 4.68. The number of nitrogens with zero attached hydrogens (tertiary/aromatic N) is 4. The molecule has 0 saturated heterocycles. The molecule has 1 aliphatic carbocycles. The summed E-state index contributed by atoms with van der Waals surface area (Å²) >= 11 is 0. The lowest BCUT2D eigenvalue weighted by atomic mass is 9.90. The standard InChI is InChI=1S/C27H38N4O3/c1-3-30-19-11-5-4-6-12-20-31(27(33)23-17-18-28-29(23)2)22-14-8-10-16-25(22)34-24-15-9-7-13-21(24)26(30)32/h7,9,13,15,17-18,22,25H,3-6,8,10-12,14,16,19-20H2,1-2H3/t22-,25+/m1/s1. The summed E-state index contributed by atoms with van der Waals surface area (Å²) in [5, 5.41) is 4.22. The first-order chi connectivity index (χ1) is 16.6. The minimum absolute atomic E-state index is 0.0198. The second-order valence-corrected chi connectivity index (χ2v) is 9.50. The lowest BCUT2D eigenvalue weighted by Crippen LogP contribution is -2.51. The maximum atomic E-state index is 13.7. The molecule has 0 bridgehead atoms. The molecule has 0 radical (unpaired) electrons. The van der Waals surface area contributed by atoms with Gasteiger partial charge in [-0.2, -0.15) is 5.10 Å². The van der Waals surface area contributed by atoms with Crippen molar-refractivity contribution in [2.75, 3.05) is 19.6 Å². The van der Waals surface area contributed by atoms with Gasteiger partial charge < -0.3 is 14.5 Å². The third-order valence-corrected chi connectivity index (χ3v) is 7.26. The minimum Gasteiger partial charge on any atom is -0.487 e. The molecule has 2 atom stereocenters. The van der Waals surface area contributed by atoms with Crippen molar-refractivity contribution in [3.63, 3.8) is 0 Å². The van der Waals surface area contributed by atoms with Gasteiger partial charge in [-0.15, -0.1) is 0 Å². The number of aryl methyl sites for hydroxylation is 1. The SMILES string of the molecule is CCN1CCCCCCCN(C(=O)c2ccnn2C)[C@@H]2CCCC[C@@H]2Oc2ccccc2C1=O. The Morgan fingerprint density at radius 1 is 1.00 bits per heavy atom. The van der Waals surface area contributed by atoms with Crippen molar-refractivity contribution >= 4 is 11.8 Å². The largest absolute Gasteiger partial charge is 0.487 e. The van der Waals surface area contributed by atoms with E-state index in [0.29, 0.717) is 23.6 Å². The van der Waals surface area contributed by atoms with E-state index in [1.165, 1.54) is 0 Å². The smallest absolute Gasteiger partial charge is 0.272 e. The van der Waals surface area contributed by atoms with Gasteiger partial charge in [-0.3, -0.25) is 14.3 Å².